The van der Waals surface area contributed by atoms with Crippen LogP contribution in [0.25, 0.3) is 0 Å². The van der Waals surface area contributed by atoms with Gasteiger partial charge in [-0.25, -0.2) is 0 Å². The summed E-state index contributed by atoms with van der Waals surface area (Å²) in [5.74, 6) is -0.236. The summed E-state index contributed by atoms with van der Waals surface area (Å²) in [6, 6.07) is 21.4. The summed E-state index contributed by atoms with van der Waals surface area (Å²) in [6.45, 7) is 6.94. The van der Waals surface area contributed by atoms with Gasteiger partial charge in [-0.05, 0) is 68.1 Å². The van der Waals surface area contributed by atoms with Gasteiger partial charge in [-0.2, -0.15) is 5.26 Å². The molecule has 3 aromatic carbocycles. The van der Waals surface area contributed by atoms with E-state index in [1.165, 1.54) is 0 Å². The molecule has 3 aromatic rings. The second-order valence-corrected chi connectivity index (χ2v) is 11.4. The Morgan fingerprint density at radius 3 is 2.33 bits per heavy atom. The van der Waals surface area contributed by atoms with Crippen molar-refractivity contribution in [3.8, 4) is 6.07 Å². The lowest BCUT2D eigenvalue weighted by molar-refractivity contribution is 0.0697. The minimum Gasteiger partial charge on any atom is -0.394 e. The number of benzene rings is 3. The highest BCUT2D eigenvalue weighted by Crippen LogP contribution is 2.29. The molecule has 2 amide bonds. The number of amides is 2. The van der Waals surface area contributed by atoms with Crippen LogP contribution >= 0.6 is 0 Å². The van der Waals surface area contributed by atoms with Gasteiger partial charge in [-0.15, -0.1) is 0 Å². The summed E-state index contributed by atoms with van der Waals surface area (Å²) in [6.07, 6.45) is 1.85. The number of nitrogens with one attached hydrogen (secondary N) is 2. The first kappa shape index (κ1) is 29.9. The number of carbonyl (C=O) groups excluding carboxylic acids is 2. The third-order valence-electron chi connectivity index (χ3n) is 8.69. The largest absolute Gasteiger partial charge is 0.394 e. The zero-order valence-corrected chi connectivity index (χ0v) is 25.1. The van der Waals surface area contributed by atoms with Crippen molar-refractivity contribution in [2.24, 2.45) is 0 Å². The number of piperidine rings is 1. The molecule has 43 heavy (non-hydrogen) atoms. The molecule has 0 radical (unpaired) electrons. The summed E-state index contributed by atoms with van der Waals surface area (Å²) in [7, 11) is 1.60. The maximum atomic E-state index is 13.9. The molecule has 0 aromatic heterocycles. The standard InChI is InChI=1S/C34H40N6O3/c1-23-18-24(2)30(37-26-12-14-38(15-13-26)31-10-6-4-8-25(31)20-35)19-29(23)34(43)39-16-17-40(27(21-39)22-41)32-11-7-5-9-28(32)33(42)36-3/h4-11,18-19,26-27,37,41H,12-17,21-22H2,1-3H3,(H,36,42)/t27-/m1/s1. The molecule has 3 N–H and O–H groups in total. The van der Waals surface area contributed by atoms with Crippen LogP contribution in [-0.2, 0) is 0 Å². The second-order valence-electron chi connectivity index (χ2n) is 11.4. The highest BCUT2D eigenvalue weighted by molar-refractivity contribution is 6.00. The lowest BCUT2D eigenvalue weighted by Crippen LogP contribution is -2.56. The lowest BCUT2D eigenvalue weighted by Gasteiger charge is -2.42. The molecule has 2 aliphatic heterocycles. The highest BCUT2D eigenvalue weighted by Gasteiger charge is 2.32. The molecule has 2 aliphatic rings. The van der Waals surface area contributed by atoms with Crippen molar-refractivity contribution < 1.29 is 14.7 Å². The predicted molar refractivity (Wildman–Crippen MR) is 170 cm³/mol. The average molecular weight is 581 g/mol. The van der Waals surface area contributed by atoms with Gasteiger partial charge in [0.15, 0.2) is 0 Å². The van der Waals surface area contributed by atoms with E-state index in [2.05, 4.69) is 34.6 Å². The van der Waals surface area contributed by atoms with Crippen molar-refractivity contribution in [2.75, 3.05) is 61.5 Å². The molecule has 9 heteroatoms. The topological polar surface area (TPSA) is 112 Å². The number of aliphatic hydroxyl groups is 1. The Bertz CT molecular complexity index is 1520. The molecule has 5 rings (SSSR count). The van der Waals surface area contributed by atoms with Crippen LogP contribution in [0.15, 0.2) is 60.7 Å². The maximum Gasteiger partial charge on any atom is 0.254 e. The van der Waals surface area contributed by atoms with E-state index in [1.807, 2.05) is 65.3 Å². The molecule has 224 valence electrons. The first-order valence-corrected chi connectivity index (χ1v) is 14.9. The first-order valence-electron chi connectivity index (χ1n) is 14.9. The Morgan fingerprint density at radius 2 is 1.63 bits per heavy atom. The quantitative estimate of drug-likeness (QED) is 0.388. The fraction of sp³-hybridized carbons (Fsp3) is 0.382. The minimum atomic E-state index is -0.330. The van der Waals surface area contributed by atoms with Crippen LogP contribution < -0.4 is 20.4 Å². The number of aryl methyl sites for hydroxylation is 2. The van der Waals surface area contributed by atoms with Gasteiger partial charge in [0.05, 0.1) is 29.5 Å². The number of hydrogen-bond acceptors (Lipinski definition) is 7. The van der Waals surface area contributed by atoms with E-state index in [9.17, 15) is 20.0 Å². The van der Waals surface area contributed by atoms with Crippen LogP contribution in [0.3, 0.4) is 0 Å². The Hall–Kier alpha value is -4.55. The van der Waals surface area contributed by atoms with Gasteiger partial charge in [0.1, 0.15) is 6.07 Å². The number of anilines is 3. The van der Waals surface area contributed by atoms with Gasteiger partial charge in [0.25, 0.3) is 11.8 Å². The summed E-state index contributed by atoms with van der Waals surface area (Å²) < 4.78 is 0. The summed E-state index contributed by atoms with van der Waals surface area (Å²) >= 11 is 0. The Morgan fingerprint density at radius 1 is 0.930 bits per heavy atom. The Labute approximate surface area is 253 Å². The van der Waals surface area contributed by atoms with Gasteiger partial charge in [0, 0.05) is 62.8 Å². The number of para-hydroxylation sites is 2. The number of carbonyl (C=O) groups is 2. The summed E-state index contributed by atoms with van der Waals surface area (Å²) in [5.41, 5.74) is 6.62. The molecule has 9 nitrogen and oxygen atoms in total. The molecule has 2 saturated heterocycles. The van der Waals surface area contributed by atoms with Crippen LogP contribution in [0.5, 0.6) is 0 Å². The van der Waals surface area contributed by atoms with Crippen molar-refractivity contribution >= 4 is 28.9 Å². The van der Waals surface area contributed by atoms with Gasteiger partial charge in [-0.1, -0.05) is 30.3 Å². The van der Waals surface area contributed by atoms with Gasteiger partial charge in [0.2, 0.25) is 0 Å². The van der Waals surface area contributed by atoms with Gasteiger partial charge < -0.3 is 30.4 Å². The van der Waals surface area contributed by atoms with Crippen molar-refractivity contribution in [1.29, 1.82) is 5.26 Å². The van der Waals surface area contributed by atoms with Crippen LogP contribution in [0.2, 0.25) is 0 Å². The highest BCUT2D eigenvalue weighted by atomic mass is 16.3. The normalized spacial score (nSPS) is 17.4. The molecule has 0 bridgehead atoms. The molecule has 0 unspecified atom stereocenters. The summed E-state index contributed by atoms with van der Waals surface area (Å²) in [5, 5.41) is 26.2. The van der Waals surface area contributed by atoms with Gasteiger partial charge in [-0.3, -0.25) is 9.59 Å². The van der Waals surface area contributed by atoms with E-state index >= 15 is 0 Å². The molecule has 2 fully saturated rings. The van der Waals surface area contributed by atoms with E-state index in [-0.39, 0.29) is 30.5 Å². The second kappa shape index (κ2) is 13.2. The number of piperazine rings is 1. The van der Waals surface area contributed by atoms with Crippen molar-refractivity contribution in [1.82, 2.24) is 10.2 Å². The molecule has 0 spiro atoms. The number of hydrogen-bond donors (Lipinski definition) is 3. The summed E-state index contributed by atoms with van der Waals surface area (Å²) in [4.78, 5) is 32.5. The van der Waals surface area contributed by atoms with Crippen LogP contribution in [-0.4, -0.2) is 80.3 Å². The van der Waals surface area contributed by atoms with Crippen LogP contribution in [0.4, 0.5) is 17.1 Å². The lowest BCUT2D eigenvalue weighted by atomic mass is 9.99. The molecular formula is C34H40N6O3. The molecule has 0 aliphatic carbocycles. The van der Waals surface area contributed by atoms with E-state index < -0.39 is 0 Å². The Kier molecular flexibility index (Phi) is 9.17. The fourth-order valence-electron chi connectivity index (χ4n) is 6.30. The van der Waals surface area contributed by atoms with Crippen LogP contribution in [0, 0.1) is 25.2 Å². The van der Waals surface area contributed by atoms with Crippen LogP contribution in [0.1, 0.15) is 50.2 Å². The zero-order valence-electron chi connectivity index (χ0n) is 25.1. The van der Waals surface area contributed by atoms with Crippen molar-refractivity contribution in [3.05, 3.63) is 88.5 Å². The van der Waals surface area contributed by atoms with E-state index in [0.717, 1.165) is 54.1 Å². The number of aliphatic hydroxyl groups excluding tert-OH is 1. The Balaban J connectivity index is 1.27. The van der Waals surface area contributed by atoms with Crippen molar-refractivity contribution in [2.45, 2.75) is 38.8 Å². The van der Waals surface area contributed by atoms with E-state index in [0.29, 0.717) is 36.3 Å². The maximum absolute atomic E-state index is 13.9. The third-order valence-corrected chi connectivity index (χ3v) is 8.69. The monoisotopic (exact) mass is 580 g/mol. The number of rotatable bonds is 7. The minimum absolute atomic E-state index is 0.0545. The van der Waals surface area contributed by atoms with E-state index in [4.69, 9.17) is 0 Å². The third kappa shape index (κ3) is 6.30. The number of nitrogens with zero attached hydrogens (tertiary/aromatic N) is 4. The molecule has 0 saturated carbocycles. The first-order chi connectivity index (χ1) is 20.8. The van der Waals surface area contributed by atoms with E-state index in [1.54, 1.807) is 13.1 Å². The SMILES string of the molecule is CNC(=O)c1ccccc1N1CCN(C(=O)c2cc(NC3CCN(c4ccccc4C#N)CC3)c(C)cc2C)C[C@@H]1CO. The smallest absolute Gasteiger partial charge is 0.254 e. The van der Waals surface area contributed by atoms with Crippen molar-refractivity contribution in [3.63, 3.8) is 0 Å². The van der Waals surface area contributed by atoms with Gasteiger partial charge >= 0.3 is 0 Å². The average Bonchev–Trinajstić information content (AvgIpc) is 3.05. The molecule has 2 heterocycles. The predicted octanol–water partition coefficient (Wildman–Crippen LogP) is 3.94. The molecular weight excluding hydrogens is 540 g/mol. The number of nitriles is 1. The fourth-order valence-corrected chi connectivity index (χ4v) is 6.30. The zero-order chi connectivity index (χ0) is 30.5. The molecule has 1 atom stereocenters.